The molecule has 0 aromatic carbocycles. The Kier molecular flexibility index (Phi) is 7.57. The van der Waals surface area contributed by atoms with Crippen molar-refractivity contribution >= 4 is 11.9 Å². The summed E-state index contributed by atoms with van der Waals surface area (Å²) < 4.78 is 9.36. The third-order valence-electron chi connectivity index (χ3n) is 1.61. The molecule has 0 aliphatic heterocycles. The topological polar surface area (TPSA) is 82.1 Å². The maximum absolute atomic E-state index is 11.3. The van der Waals surface area contributed by atoms with Gasteiger partial charge >= 0.3 is 11.9 Å². The van der Waals surface area contributed by atoms with Crippen molar-refractivity contribution in [2.75, 3.05) is 19.8 Å². The van der Waals surface area contributed by atoms with E-state index in [4.69, 9.17) is 9.99 Å². The Hall–Kier alpha value is -1.14. The molecule has 0 heterocycles. The molecule has 6 heteroatoms. The Morgan fingerprint density at radius 2 is 1.80 bits per heavy atom. The maximum Gasteiger partial charge on any atom is 0.311 e. The molecule has 1 unspecified atom stereocenters. The van der Waals surface area contributed by atoms with Crippen molar-refractivity contribution in [3.8, 4) is 0 Å². The third-order valence-corrected chi connectivity index (χ3v) is 1.61. The smallest absolute Gasteiger partial charge is 0.311 e. The number of rotatable bonds is 7. The normalized spacial score (nSPS) is 11.9. The van der Waals surface area contributed by atoms with Crippen LogP contribution in [0.25, 0.3) is 0 Å². The van der Waals surface area contributed by atoms with Gasteiger partial charge in [0, 0.05) is 0 Å². The molecule has 1 atom stereocenters. The van der Waals surface area contributed by atoms with Crippen LogP contribution in [0.3, 0.4) is 0 Å². The molecule has 0 fully saturated rings. The minimum atomic E-state index is -0.825. The Labute approximate surface area is 88.0 Å². The molecule has 15 heavy (non-hydrogen) atoms. The van der Waals surface area contributed by atoms with Crippen molar-refractivity contribution < 1.29 is 29.2 Å². The molecule has 0 aliphatic rings. The van der Waals surface area contributed by atoms with Gasteiger partial charge in [0.15, 0.2) is 0 Å². The van der Waals surface area contributed by atoms with Crippen LogP contribution in [0.1, 0.15) is 20.3 Å². The number of carbonyl (C=O) groups is 2. The minimum absolute atomic E-state index is 0.159. The van der Waals surface area contributed by atoms with Gasteiger partial charge < -0.3 is 9.47 Å². The fourth-order valence-electron chi connectivity index (χ4n) is 0.981. The third kappa shape index (κ3) is 6.03. The minimum Gasteiger partial charge on any atom is -0.466 e. The van der Waals surface area contributed by atoms with Crippen LogP contribution in [0.5, 0.6) is 0 Å². The lowest BCUT2D eigenvalue weighted by Gasteiger charge is -2.12. The van der Waals surface area contributed by atoms with E-state index in [1.54, 1.807) is 13.8 Å². The molecule has 0 spiro atoms. The molecule has 0 bridgehead atoms. The van der Waals surface area contributed by atoms with E-state index in [0.717, 1.165) is 0 Å². The van der Waals surface area contributed by atoms with Crippen molar-refractivity contribution in [2.24, 2.45) is 5.92 Å². The summed E-state index contributed by atoms with van der Waals surface area (Å²) in [5, 5.41) is 8.24. The first kappa shape index (κ1) is 13.9. The van der Waals surface area contributed by atoms with Crippen LogP contribution in [-0.4, -0.2) is 37.0 Å². The van der Waals surface area contributed by atoms with Crippen molar-refractivity contribution in [1.82, 2.24) is 0 Å². The summed E-state index contributed by atoms with van der Waals surface area (Å²) in [7, 11) is 0. The first-order chi connectivity index (χ1) is 7.15. The van der Waals surface area contributed by atoms with E-state index in [-0.39, 0.29) is 26.2 Å². The van der Waals surface area contributed by atoms with Crippen LogP contribution in [0.2, 0.25) is 0 Å². The lowest BCUT2D eigenvalue weighted by Crippen LogP contribution is -2.26. The molecule has 0 radical (unpaired) electrons. The Balaban J connectivity index is 4.13. The second-order valence-corrected chi connectivity index (χ2v) is 2.75. The Morgan fingerprint density at radius 1 is 1.20 bits per heavy atom. The van der Waals surface area contributed by atoms with Crippen molar-refractivity contribution in [3.05, 3.63) is 0 Å². The molecule has 0 aromatic rings. The molecule has 88 valence electrons. The van der Waals surface area contributed by atoms with Crippen LogP contribution < -0.4 is 0 Å². The van der Waals surface area contributed by atoms with Gasteiger partial charge in [-0.2, -0.15) is 0 Å². The number of esters is 2. The molecular formula is C9H16O6. The zero-order chi connectivity index (χ0) is 11.7. The maximum atomic E-state index is 11.3. The van der Waals surface area contributed by atoms with Crippen LogP contribution in [0.4, 0.5) is 0 Å². The zero-order valence-corrected chi connectivity index (χ0v) is 8.89. The fraction of sp³-hybridized carbons (Fsp3) is 0.778. The van der Waals surface area contributed by atoms with Gasteiger partial charge in [0.05, 0.1) is 32.2 Å². The number of carbonyl (C=O) groups excluding carboxylic acids is 2. The molecule has 6 nitrogen and oxygen atoms in total. The summed E-state index contributed by atoms with van der Waals surface area (Å²) in [5.74, 6) is -1.93. The van der Waals surface area contributed by atoms with E-state index in [2.05, 4.69) is 9.62 Å². The molecule has 0 rings (SSSR count). The summed E-state index contributed by atoms with van der Waals surface area (Å²) in [4.78, 5) is 26.2. The van der Waals surface area contributed by atoms with Crippen LogP contribution in [-0.2, 0) is 24.0 Å². The van der Waals surface area contributed by atoms with Gasteiger partial charge in [0.25, 0.3) is 0 Å². The SMILES string of the molecule is CCOC(=O)CC(COO)C(=O)OCC. The summed E-state index contributed by atoms with van der Waals surface area (Å²) in [6.07, 6.45) is -0.159. The van der Waals surface area contributed by atoms with E-state index in [1.807, 2.05) is 0 Å². The highest BCUT2D eigenvalue weighted by Crippen LogP contribution is 2.08. The van der Waals surface area contributed by atoms with Crippen LogP contribution >= 0.6 is 0 Å². The monoisotopic (exact) mass is 220 g/mol. The molecule has 0 amide bonds. The number of ether oxygens (including phenoxy) is 2. The molecule has 0 aromatic heterocycles. The van der Waals surface area contributed by atoms with Crippen molar-refractivity contribution in [1.29, 1.82) is 0 Å². The van der Waals surface area contributed by atoms with Crippen molar-refractivity contribution in [2.45, 2.75) is 20.3 Å². The van der Waals surface area contributed by atoms with E-state index in [0.29, 0.717) is 0 Å². The van der Waals surface area contributed by atoms with Crippen LogP contribution in [0, 0.1) is 5.92 Å². The molecule has 0 saturated carbocycles. The van der Waals surface area contributed by atoms with Gasteiger partial charge in [0.1, 0.15) is 0 Å². The highest BCUT2D eigenvalue weighted by atomic mass is 17.1. The van der Waals surface area contributed by atoms with E-state index < -0.39 is 17.9 Å². The highest BCUT2D eigenvalue weighted by Gasteiger charge is 2.24. The molecule has 1 N–H and O–H groups in total. The second-order valence-electron chi connectivity index (χ2n) is 2.75. The highest BCUT2D eigenvalue weighted by molar-refractivity contribution is 5.80. The van der Waals surface area contributed by atoms with Crippen LogP contribution in [0.15, 0.2) is 0 Å². The first-order valence-electron chi connectivity index (χ1n) is 4.74. The second kappa shape index (κ2) is 8.19. The average molecular weight is 220 g/mol. The largest absolute Gasteiger partial charge is 0.466 e. The lowest BCUT2D eigenvalue weighted by atomic mass is 10.1. The predicted molar refractivity (Wildman–Crippen MR) is 50.0 cm³/mol. The van der Waals surface area contributed by atoms with E-state index >= 15 is 0 Å². The number of hydrogen-bond donors (Lipinski definition) is 1. The average Bonchev–Trinajstić information content (AvgIpc) is 2.18. The summed E-state index contributed by atoms with van der Waals surface area (Å²) in [6, 6.07) is 0. The summed E-state index contributed by atoms with van der Waals surface area (Å²) in [5.41, 5.74) is 0. The summed E-state index contributed by atoms with van der Waals surface area (Å²) >= 11 is 0. The van der Waals surface area contributed by atoms with Gasteiger partial charge in [-0.15, -0.1) is 0 Å². The Morgan fingerprint density at radius 3 is 2.27 bits per heavy atom. The predicted octanol–water partition coefficient (Wildman–Crippen LogP) is 0.609. The van der Waals surface area contributed by atoms with Gasteiger partial charge in [-0.25, -0.2) is 4.89 Å². The fourth-order valence-corrected chi connectivity index (χ4v) is 0.981. The molecule has 0 saturated heterocycles. The van der Waals surface area contributed by atoms with Gasteiger partial charge in [0.2, 0.25) is 0 Å². The van der Waals surface area contributed by atoms with E-state index in [1.165, 1.54) is 0 Å². The lowest BCUT2D eigenvalue weighted by molar-refractivity contribution is -0.252. The standard InChI is InChI=1S/C9H16O6/c1-3-13-8(10)5-7(6-15-12)9(11)14-4-2/h7,12H,3-6H2,1-2H3. The quantitative estimate of drug-likeness (QED) is 0.384. The first-order valence-corrected chi connectivity index (χ1v) is 4.74. The van der Waals surface area contributed by atoms with Crippen molar-refractivity contribution in [3.63, 3.8) is 0 Å². The van der Waals surface area contributed by atoms with Gasteiger partial charge in [-0.05, 0) is 13.8 Å². The van der Waals surface area contributed by atoms with Gasteiger partial charge in [-0.1, -0.05) is 0 Å². The van der Waals surface area contributed by atoms with E-state index in [9.17, 15) is 9.59 Å². The summed E-state index contributed by atoms with van der Waals surface area (Å²) in [6.45, 7) is 3.49. The van der Waals surface area contributed by atoms with Gasteiger partial charge in [-0.3, -0.25) is 14.8 Å². The Bertz CT molecular complexity index is 203. The zero-order valence-electron chi connectivity index (χ0n) is 8.89. The molecular weight excluding hydrogens is 204 g/mol. The number of hydrogen-bond acceptors (Lipinski definition) is 6. The molecule has 0 aliphatic carbocycles.